The van der Waals surface area contributed by atoms with Crippen molar-refractivity contribution in [1.29, 1.82) is 0 Å². The molecule has 3 rings (SSSR count). The molecule has 1 aromatic carbocycles. The number of carbonyl (C=O) groups is 3. The van der Waals surface area contributed by atoms with Crippen LogP contribution in [0, 0.1) is 5.82 Å². The first-order chi connectivity index (χ1) is 13.0. The van der Waals surface area contributed by atoms with Crippen molar-refractivity contribution < 1.29 is 18.8 Å². The van der Waals surface area contributed by atoms with Crippen LogP contribution in [-0.2, 0) is 20.9 Å². The average Bonchev–Trinajstić information content (AvgIpc) is 2.92. The predicted octanol–water partition coefficient (Wildman–Crippen LogP) is 1.79. The van der Waals surface area contributed by atoms with E-state index in [1.165, 1.54) is 21.9 Å². The second-order valence-electron chi connectivity index (χ2n) is 7.32. The van der Waals surface area contributed by atoms with Crippen LogP contribution in [-0.4, -0.2) is 64.6 Å². The lowest BCUT2D eigenvalue weighted by Gasteiger charge is -2.39. The molecular weight excluding hydrogens is 349 g/mol. The number of rotatable bonds is 4. The molecule has 1 aromatic rings. The van der Waals surface area contributed by atoms with Gasteiger partial charge in [0.25, 0.3) is 0 Å². The minimum absolute atomic E-state index is 0.0560. The van der Waals surface area contributed by atoms with Crippen molar-refractivity contribution in [3.05, 3.63) is 35.6 Å². The summed E-state index contributed by atoms with van der Waals surface area (Å²) in [6.45, 7) is 3.12. The van der Waals surface area contributed by atoms with Crippen LogP contribution < -0.4 is 0 Å². The molecule has 2 aliphatic rings. The van der Waals surface area contributed by atoms with Crippen LogP contribution >= 0.6 is 0 Å². The first-order valence-corrected chi connectivity index (χ1v) is 9.56. The van der Waals surface area contributed by atoms with Gasteiger partial charge < -0.3 is 14.7 Å². The number of amides is 3. The highest BCUT2D eigenvalue weighted by Gasteiger charge is 2.38. The maximum absolute atomic E-state index is 13.4. The Bertz CT molecular complexity index is 716. The fourth-order valence-corrected chi connectivity index (χ4v) is 3.73. The van der Waals surface area contributed by atoms with E-state index >= 15 is 0 Å². The number of nitrogens with zero attached hydrogens (tertiary/aromatic N) is 3. The normalized spacial score (nSPS) is 21.4. The quantitative estimate of drug-likeness (QED) is 0.806. The molecule has 6 nitrogen and oxygen atoms in total. The Kier molecular flexibility index (Phi) is 6.08. The smallest absolute Gasteiger partial charge is 0.245 e. The van der Waals surface area contributed by atoms with Gasteiger partial charge in [0.2, 0.25) is 17.7 Å². The Morgan fingerprint density at radius 3 is 2.52 bits per heavy atom. The van der Waals surface area contributed by atoms with Gasteiger partial charge in [0.15, 0.2) is 0 Å². The third-order valence-corrected chi connectivity index (χ3v) is 5.31. The topological polar surface area (TPSA) is 60.9 Å². The van der Waals surface area contributed by atoms with Gasteiger partial charge in [0.05, 0.1) is 0 Å². The molecule has 2 heterocycles. The lowest BCUT2D eigenvalue weighted by molar-refractivity contribution is -0.158. The summed E-state index contributed by atoms with van der Waals surface area (Å²) in [5.74, 6) is -0.936. The Morgan fingerprint density at radius 1 is 1.15 bits per heavy atom. The minimum Gasteiger partial charge on any atom is -0.341 e. The highest BCUT2D eigenvalue weighted by atomic mass is 19.1. The minimum atomic E-state index is -0.698. The first-order valence-electron chi connectivity index (χ1n) is 9.56. The zero-order chi connectivity index (χ0) is 19.4. The van der Waals surface area contributed by atoms with Gasteiger partial charge in [-0.3, -0.25) is 14.4 Å². The van der Waals surface area contributed by atoms with E-state index in [1.54, 1.807) is 24.0 Å². The monoisotopic (exact) mass is 375 g/mol. The van der Waals surface area contributed by atoms with Gasteiger partial charge in [0.1, 0.15) is 24.9 Å². The zero-order valence-electron chi connectivity index (χ0n) is 15.7. The van der Waals surface area contributed by atoms with Crippen LogP contribution in [0.15, 0.2) is 24.3 Å². The van der Waals surface area contributed by atoms with E-state index in [2.05, 4.69) is 0 Å². The molecule has 1 atom stereocenters. The molecule has 0 radical (unpaired) electrons. The molecule has 146 valence electrons. The molecular formula is C20H26FN3O3. The lowest BCUT2D eigenvalue weighted by atomic mass is 10.1. The van der Waals surface area contributed by atoms with Gasteiger partial charge in [-0.1, -0.05) is 25.0 Å². The highest BCUT2D eigenvalue weighted by Crippen LogP contribution is 2.17. The van der Waals surface area contributed by atoms with E-state index in [1.807, 2.05) is 0 Å². The van der Waals surface area contributed by atoms with E-state index in [-0.39, 0.29) is 43.2 Å². The second-order valence-corrected chi connectivity index (χ2v) is 7.32. The molecule has 0 unspecified atom stereocenters. The summed E-state index contributed by atoms with van der Waals surface area (Å²) in [6.07, 6.45) is 4.21. The standard InChI is InChI=1S/C20H26FN3O3/c1-15-20(27)23(12-16-7-6-8-17(21)11-16)13-19(26)24(15)14-18(25)22-9-4-2-3-5-10-22/h6-8,11,15H,2-5,9-10,12-14H2,1H3/t15-/m0/s1. The van der Waals surface area contributed by atoms with Crippen molar-refractivity contribution in [2.45, 2.75) is 45.2 Å². The number of halogens is 1. The summed E-state index contributed by atoms with van der Waals surface area (Å²) in [5, 5.41) is 0. The van der Waals surface area contributed by atoms with Gasteiger partial charge in [-0.25, -0.2) is 4.39 Å². The Hall–Kier alpha value is -2.44. The summed E-state index contributed by atoms with van der Waals surface area (Å²) < 4.78 is 13.4. The molecule has 2 aliphatic heterocycles. The molecule has 0 aromatic heterocycles. The molecule has 0 saturated carbocycles. The SMILES string of the molecule is C[C@H]1C(=O)N(Cc2cccc(F)c2)CC(=O)N1CC(=O)N1CCCCCC1. The second kappa shape index (κ2) is 8.50. The van der Waals surface area contributed by atoms with Crippen LogP contribution in [0.3, 0.4) is 0 Å². The fourth-order valence-electron chi connectivity index (χ4n) is 3.73. The highest BCUT2D eigenvalue weighted by molar-refractivity contribution is 5.96. The summed E-state index contributed by atoms with van der Waals surface area (Å²) in [6, 6.07) is 5.30. The van der Waals surface area contributed by atoms with Crippen molar-refractivity contribution in [2.24, 2.45) is 0 Å². The summed E-state index contributed by atoms with van der Waals surface area (Å²) in [5.41, 5.74) is 0.637. The van der Waals surface area contributed by atoms with Crippen LogP contribution in [0.4, 0.5) is 4.39 Å². The zero-order valence-corrected chi connectivity index (χ0v) is 15.7. The number of piperazine rings is 1. The van der Waals surface area contributed by atoms with E-state index in [0.717, 1.165) is 38.8 Å². The molecule has 3 amide bonds. The molecule has 0 spiro atoms. The van der Waals surface area contributed by atoms with Gasteiger partial charge in [0, 0.05) is 19.6 Å². The maximum Gasteiger partial charge on any atom is 0.245 e. The third kappa shape index (κ3) is 4.64. The number of benzene rings is 1. The van der Waals surface area contributed by atoms with E-state index in [0.29, 0.717) is 5.56 Å². The third-order valence-electron chi connectivity index (χ3n) is 5.31. The molecule has 7 heteroatoms. The molecule has 0 bridgehead atoms. The van der Waals surface area contributed by atoms with Gasteiger partial charge >= 0.3 is 0 Å². The van der Waals surface area contributed by atoms with Crippen molar-refractivity contribution in [2.75, 3.05) is 26.2 Å². The number of likely N-dealkylation sites (tertiary alicyclic amines) is 1. The maximum atomic E-state index is 13.4. The largest absolute Gasteiger partial charge is 0.341 e. The first kappa shape index (κ1) is 19.3. The van der Waals surface area contributed by atoms with Gasteiger partial charge in [-0.05, 0) is 37.5 Å². The number of carbonyl (C=O) groups excluding carboxylic acids is 3. The van der Waals surface area contributed by atoms with Crippen molar-refractivity contribution in [3.63, 3.8) is 0 Å². The molecule has 2 fully saturated rings. The Balaban J connectivity index is 1.63. The van der Waals surface area contributed by atoms with Crippen LogP contribution in [0.1, 0.15) is 38.2 Å². The fraction of sp³-hybridized carbons (Fsp3) is 0.550. The van der Waals surface area contributed by atoms with E-state index in [4.69, 9.17) is 0 Å². The summed E-state index contributed by atoms with van der Waals surface area (Å²) >= 11 is 0. The van der Waals surface area contributed by atoms with Crippen LogP contribution in [0.2, 0.25) is 0 Å². The Labute approximate surface area is 158 Å². The van der Waals surface area contributed by atoms with Crippen LogP contribution in [0.5, 0.6) is 0 Å². The van der Waals surface area contributed by atoms with E-state index in [9.17, 15) is 18.8 Å². The molecule has 0 N–H and O–H groups in total. The summed E-state index contributed by atoms with van der Waals surface area (Å²) in [7, 11) is 0. The lowest BCUT2D eigenvalue weighted by Crippen LogP contribution is -2.60. The van der Waals surface area contributed by atoms with E-state index < -0.39 is 6.04 Å². The van der Waals surface area contributed by atoms with Crippen molar-refractivity contribution in [3.8, 4) is 0 Å². The van der Waals surface area contributed by atoms with Gasteiger partial charge in [-0.2, -0.15) is 0 Å². The number of hydrogen-bond donors (Lipinski definition) is 0. The average molecular weight is 375 g/mol. The van der Waals surface area contributed by atoms with Crippen LogP contribution in [0.25, 0.3) is 0 Å². The molecule has 27 heavy (non-hydrogen) atoms. The van der Waals surface area contributed by atoms with Crippen molar-refractivity contribution in [1.82, 2.24) is 14.7 Å². The number of hydrogen-bond acceptors (Lipinski definition) is 3. The molecule has 2 saturated heterocycles. The predicted molar refractivity (Wildman–Crippen MR) is 98.0 cm³/mol. The van der Waals surface area contributed by atoms with Crippen molar-refractivity contribution >= 4 is 17.7 Å². The summed E-state index contributed by atoms with van der Waals surface area (Å²) in [4.78, 5) is 42.5. The molecule has 0 aliphatic carbocycles. The Morgan fingerprint density at radius 2 is 1.85 bits per heavy atom. The van der Waals surface area contributed by atoms with Gasteiger partial charge in [-0.15, -0.1) is 0 Å².